The molecule has 6 nitrogen and oxygen atoms in total. The second kappa shape index (κ2) is 6.22. The average Bonchev–Trinajstić information content (AvgIpc) is 2.53. The molecule has 1 fully saturated rings. The van der Waals surface area contributed by atoms with Gasteiger partial charge in [-0.2, -0.15) is 0 Å². The van der Waals surface area contributed by atoms with Crippen LogP contribution in [-0.4, -0.2) is 55.1 Å². The van der Waals surface area contributed by atoms with Crippen LogP contribution in [0.5, 0.6) is 0 Å². The van der Waals surface area contributed by atoms with E-state index in [1.807, 2.05) is 6.07 Å². The molecule has 8 heteroatoms. The molecule has 3 rings (SSSR count). The molecule has 1 aliphatic rings. The van der Waals surface area contributed by atoms with Crippen molar-refractivity contribution < 1.29 is 8.42 Å². The Balaban J connectivity index is 1.74. The van der Waals surface area contributed by atoms with E-state index in [-0.39, 0.29) is 6.04 Å². The number of hydrogen-bond donors (Lipinski definition) is 0. The Morgan fingerprint density at radius 2 is 1.96 bits per heavy atom. The van der Waals surface area contributed by atoms with Crippen LogP contribution in [0.2, 0.25) is 5.02 Å². The monoisotopic (exact) mass is 354 g/mol. The summed E-state index contributed by atoms with van der Waals surface area (Å²) in [7, 11) is -1.50. The van der Waals surface area contributed by atoms with Gasteiger partial charge >= 0.3 is 0 Å². The molecular formula is C15H19ClN4O2S. The summed E-state index contributed by atoms with van der Waals surface area (Å²) in [6, 6.07) is 5.50. The van der Waals surface area contributed by atoms with Gasteiger partial charge in [-0.1, -0.05) is 11.6 Å². The van der Waals surface area contributed by atoms with Gasteiger partial charge < -0.3 is 4.90 Å². The molecular weight excluding hydrogens is 336 g/mol. The average molecular weight is 355 g/mol. The number of rotatable bonds is 3. The van der Waals surface area contributed by atoms with Crippen LogP contribution in [0.4, 0.5) is 5.82 Å². The second-order valence-corrected chi connectivity index (χ2v) is 8.34. The van der Waals surface area contributed by atoms with E-state index in [2.05, 4.69) is 14.9 Å². The predicted molar refractivity (Wildman–Crippen MR) is 92.4 cm³/mol. The van der Waals surface area contributed by atoms with E-state index in [4.69, 9.17) is 11.6 Å². The Bertz CT molecular complexity index is 819. The van der Waals surface area contributed by atoms with E-state index < -0.39 is 10.0 Å². The van der Waals surface area contributed by atoms with Gasteiger partial charge in [0.15, 0.2) is 0 Å². The number of aromatic nitrogens is 2. The Labute approximate surface area is 141 Å². The summed E-state index contributed by atoms with van der Waals surface area (Å²) < 4.78 is 24.7. The lowest BCUT2D eigenvalue weighted by molar-refractivity contribution is 0.313. The minimum atomic E-state index is -3.14. The number of sulfonamides is 1. The van der Waals surface area contributed by atoms with Crippen LogP contribution in [0.3, 0.4) is 0 Å². The normalized spacial score (nSPS) is 17.1. The van der Waals surface area contributed by atoms with E-state index in [1.165, 1.54) is 10.6 Å². The molecule has 0 saturated carbocycles. The first kappa shape index (κ1) is 16.4. The van der Waals surface area contributed by atoms with E-state index in [0.717, 1.165) is 42.8 Å². The van der Waals surface area contributed by atoms with Crippen molar-refractivity contribution in [3.05, 3.63) is 29.4 Å². The van der Waals surface area contributed by atoms with Crippen molar-refractivity contribution >= 4 is 38.5 Å². The third-order valence-electron chi connectivity index (χ3n) is 4.32. The molecule has 0 unspecified atom stereocenters. The lowest BCUT2D eigenvalue weighted by Gasteiger charge is -2.36. The summed E-state index contributed by atoms with van der Waals surface area (Å²) in [4.78, 5) is 11.2. The van der Waals surface area contributed by atoms with Crippen molar-refractivity contribution in [2.24, 2.45) is 0 Å². The highest BCUT2D eigenvalue weighted by atomic mass is 35.5. The smallest absolute Gasteiger partial charge is 0.211 e. The van der Waals surface area contributed by atoms with Crippen LogP contribution < -0.4 is 4.90 Å². The lowest BCUT2D eigenvalue weighted by atomic mass is 10.1. The van der Waals surface area contributed by atoms with E-state index in [1.54, 1.807) is 25.4 Å². The zero-order valence-corrected chi connectivity index (χ0v) is 14.7. The first-order valence-electron chi connectivity index (χ1n) is 7.45. The fraction of sp³-hybridized carbons (Fsp3) is 0.467. The fourth-order valence-corrected chi connectivity index (χ4v) is 3.77. The van der Waals surface area contributed by atoms with Crippen molar-refractivity contribution in [3.63, 3.8) is 0 Å². The Morgan fingerprint density at radius 3 is 2.61 bits per heavy atom. The fourth-order valence-electron chi connectivity index (χ4n) is 2.86. The number of piperidine rings is 1. The van der Waals surface area contributed by atoms with Crippen LogP contribution in [-0.2, 0) is 10.0 Å². The maximum atomic E-state index is 11.6. The topological polar surface area (TPSA) is 66.4 Å². The predicted octanol–water partition coefficient (Wildman–Crippen LogP) is 2.14. The SMILES string of the molecule is CN(C1CCN(c2cnc3cc(Cl)ccc3n2)CC1)S(C)(=O)=O. The Hall–Kier alpha value is -1.44. The lowest BCUT2D eigenvalue weighted by Crippen LogP contribution is -2.45. The number of halogens is 1. The highest BCUT2D eigenvalue weighted by Crippen LogP contribution is 2.23. The van der Waals surface area contributed by atoms with Gasteiger partial charge in [0.25, 0.3) is 0 Å². The van der Waals surface area contributed by atoms with Crippen LogP contribution in [0.1, 0.15) is 12.8 Å². The first-order valence-corrected chi connectivity index (χ1v) is 9.67. The van der Waals surface area contributed by atoms with Crippen molar-refractivity contribution in [2.75, 3.05) is 31.3 Å². The van der Waals surface area contributed by atoms with Gasteiger partial charge in [0.05, 0.1) is 23.5 Å². The summed E-state index contributed by atoms with van der Waals surface area (Å²) in [5, 5.41) is 0.643. The molecule has 1 aliphatic heterocycles. The second-order valence-electron chi connectivity index (χ2n) is 5.86. The van der Waals surface area contributed by atoms with E-state index in [0.29, 0.717) is 5.02 Å². The molecule has 0 amide bonds. The summed E-state index contributed by atoms with van der Waals surface area (Å²) in [5.41, 5.74) is 1.58. The molecule has 0 aliphatic carbocycles. The van der Waals surface area contributed by atoms with Gasteiger partial charge in [0.1, 0.15) is 5.82 Å². The van der Waals surface area contributed by atoms with E-state index in [9.17, 15) is 8.42 Å². The maximum Gasteiger partial charge on any atom is 0.211 e. The Kier molecular flexibility index (Phi) is 4.44. The minimum Gasteiger partial charge on any atom is -0.355 e. The minimum absolute atomic E-state index is 0.0495. The summed E-state index contributed by atoms with van der Waals surface area (Å²) in [6.07, 6.45) is 4.56. The molecule has 0 bridgehead atoms. The summed E-state index contributed by atoms with van der Waals surface area (Å²) >= 11 is 5.96. The molecule has 124 valence electrons. The van der Waals surface area contributed by atoms with Crippen LogP contribution >= 0.6 is 11.6 Å². The molecule has 1 aromatic carbocycles. The number of benzene rings is 1. The van der Waals surface area contributed by atoms with Crippen LogP contribution in [0, 0.1) is 0 Å². The molecule has 2 heterocycles. The molecule has 2 aromatic rings. The first-order chi connectivity index (χ1) is 10.8. The van der Waals surface area contributed by atoms with E-state index >= 15 is 0 Å². The van der Waals surface area contributed by atoms with Gasteiger partial charge in [-0.05, 0) is 31.0 Å². The van der Waals surface area contributed by atoms with Crippen LogP contribution in [0.15, 0.2) is 24.4 Å². The highest BCUT2D eigenvalue weighted by molar-refractivity contribution is 7.88. The third kappa shape index (κ3) is 3.57. The zero-order valence-electron chi connectivity index (χ0n) is 13.1. The quantitative estimate of drug-likeness (QED) is 0.844. The molecule has 0 atom stereocenters. The van der Waals surface area contributed by atoms with Gasteiger partial charge in [0, 0.05) is 31.2 Å². The standard InChI is InChI=1S/C15H19ClN4O2S/c1-19(23(2,21)22)12-5-7-20(8-6-12)15-10-17-14-9-11(16)3-4-13(14)18-15/h3-4,9-10,12H,5-8H2,1-2H3. The molecule has 0 N–H and O–H groups in total. The summed E-state index contributed by atoms with van der Waals surface area (Å²) in [6.45, 7) is 1.52. The Morgan fingerprint density at radius 1 is 1.26 bits per heavy atom. The number of hydrogen-bond acceptors (Lipinski definition) is 5. The van der Waals surface area contributed by atoms with Crippen molar-refractivity contribution in [2.45, 2.75) is 18.9 Å². The van der Waals surface area contributed by atoms with Crippen molar-refractivity contribution in [3.8, 4) is 0 Å². The van der Waals surface area contributed by atoms with Crippen molar-refractivity contribution in [1.29, 1.82) is 0 Å². The highest BCUT2D eigenvalue weighted by Gasteiger charge is 2.27. The summed E-state index contributed by atoms with van der Waals surface area (Å²) in [5.74, 6) is 0.820. The van der Waals surface area contributed by atoms with Gasteiger partial charge in [0.2, 0.25) is 10.0 Å². The molecule has 23 heavy (non-hydrogen) atoms. The number of nitrogens with zero attached hydrogens (tertiary/aromatic N) is 4. The molecule has 0 spiro atoms. The maximum absolute atomic E-state index is 11.6. The van der Waals surface area contributed by atoms with Crippen molar-refractivity contribution in [1.82, 2.24) is 14.3 Å². The third-order valence-corrected chi connectivity index (χ3v) is 5.90. The molecule has 0 radical (unpaired) electrons. The number of fused-ring (bicyclic) bond motifs is 1. The molecule has 1 aromatic heterocycles. The van der Waals surface area contributed by atoms with Crippen LogP contribution in [0.25, 0.3) is 11.0 Å². The van der Waals surface area contributed by atoms with Gasteiger partial charge in [-0.3, -0.25) is 4.98 Å². The number of anilines is 1. The largest absolute Gasteiger partial charge is 0.355 e. The zero-order chi connectivity index (χ0) is 16.6. The van der Waals surface area contributed by atoms with Gasteiger partial charge in [-0.25, -0.2) is 17.7 Å². The molecule has 1 saturated heterocycles. The van der Waals surface area contributed by atoms with Gasteiger partial charge in [-0.15, -0.1) is 0 Å².